The first-order valence-electron chi connectivity index (χ1n) is 7.63. The van der Waals surface area contributed by atoms with Crippen molar-refractivity contribution in [1.82, 2.24) is 4.90 Å². The molecular weight excluding hydrogens is 276 g/mol. The molecule has 0 spiro atoms. The van der Waals surface area contributed by atoms with Gasteiger partial charge in [-0.2, -0.15) is 0 Å². The van der Waals surface area contributed by atoms with Crippen molar-refractivity contribution >= 4 is 5.69 Å². The van der Waals surface area contributed by atoms with Gasteiger partial charge in [0.1, 0.15) is 6.17 Å². The molecule has 114 valence electrons. The standard InChI is InChI=1S/C18H20N2O2/c1-21-16-9-12-7-8-20-11-13-5-3-4-6-15(13)19-18(20)14(12)10-17(16)22-2/h3-6,9-10,18-19H,7-8,11H2,1-2H3. The summed E-state index contributed by atoms with van der Waals surface area (Å²) in [4.78, 5) is 2.48. The van der Waals surface area contributed by atoms with E-state index in [0.717, 1.165) is 31.0 Å². The fraction of sp³-hybridized carbons (Fsp3) is 0.333. The third kappa shape index (κ3) is 2.03. The van der Waals surface area contributed by atoms with E-state index in [1.54, 1.807) is 14.2 Å². The summed E-state index contributed by atoms with van der Waals surface area (Å²) in [6.45, 7) is 2.04. The maximum absolute atomic E-state index is 5.48. The summed E-state index contributed by atoms with van der Waals surface area (Å²) in [5, 5.41) is 3.67. The van der Waals surface area contributed by atoms with Gasteiger partial charge < -0.3 is 14.8 Å². The molecule has 0 saturated carbocycles. The van der Waals surface area contributed by atoms with Crippen LogP contribution >= 0.6 is 0 Å². The van der Waals surface area contributed by atoms with Crippen LogP contribution in [0, 0.1) is 0 Å². The van der Waals surface area contributed by atoms with E-state index in [-0.39, 0.29) is 6.17 Å². The molecule has 2 aliphatic rings. The number of fused-ring (bicyclic) bond motifs is 4. The molecule has 1 unspecified atom stereocenters. The van der Waals surface area contributed by atoms with E-state index in [1.807, 2.05) is 0 Å². The lowest BCUT2D eigenvalue weighted by molar-refractivity contribution is 0.186. The topological polar surface area (TPSA) is 33.7 Å². The van der Waals surface area contributed by atoms with Crippen molar-refractivity contribution in [3.05, 3.63) is 53.1 Å². The molecule has 22 heavy (non-hydrogen) atoms. The Morgan fingerprint density at radius 2 is 1.82 bits per heavy atom. The number of nitrogens with zero attached hydrogens (tertiary/aromatic N) is 1. The molecule has 0 amide bonds. The molecule has 4 heteroatoms. The van der Waals surface area contributed by atoms with Gasteiger partial charge >= 0.3 is 0 Å². The lowest BCUT2D eigenvalue weighted by atomic mass is 9.93. The van der Waals surface area contributed by atoms with Gasteiger partial charge in [-0.3, -0.25) is 4.90 Å². The van der Waals surface area contributed by atoms with E-state index in [4.69, 9.17) is 9.47 Å². The zero-order valence-electron chi connectivity index (χ0n) is 12.9. The third-order valence-electron chi connectivity index (χ3n) is 4.66. The number of anilines is 1. The van der Waals surface area contributed by atoms with Gasteiger partial charge in [0.25, 0.3) is 0 Å². The maximum atomic E-state index is 5.48. The Labute approximate surface area is 130 Å². The van der Waals surface area contributed by atoms with Crippen LogP contribution in [0.2, 0.25) is 0 Å². The van der Waals surface area contributed by atoms with E-state index in [9.17, 15) is 0 Å². The summed E-state index contributed by atoms with van der Waals surface area (Å²) < 4.78 is 10.9. The molecule has 0 bridgehead atoms. The van der Waals surface area contributed by atoms with Crippen LogP contribution in [0.15, 0.2) is 36.4 Å². The van der Waals surface area contributed by atoms with Crippen molar-refractivity contribution in [3.63, 3.8) is 0 Å². The van der Waals surface area contributed by atoms with E-state index < -0.39 is 0 Å². The van der Waals surface area contributed by atoms with Gasteiger partial charge in [0, 0.05) is 18.8 Å². The molecule has 4 nitrogen and oxygen atoms in total. The molecule has 2 heterocycles. The Bertz CT molecular complexity index is 714. The first-order valence-corrected chi connectivity index (χ1v) is 7.63. The average molecular weight is 296 g/mol. The molecule has 1 atom stereocenters. The SMILES string of the molecule is COc1cc2c(cc1OC)C1Nc3ccccc3CN1CC2. The number of nitrogens with one attached hydrogen (secondary N) is 1. The van der Waals surface area contributed by atoms with Crippen molar-refractivity contribution < 1.29 is 9.47 Å². The van der Waals surface area contributed by atoms with Crippen LogP contribution in [0.5, 0.6) is 11.5 Å². The minimum atomic E-state index is 0.207. The molecule has 2 aliphatic heterocycles. The molecule has 0 saturated heterocycles. The average Bonchev–Trinajstić information content (AvgIpc) is 2.58. The summed E-state index contributed by atoms with van der Waals surface area (Å²) in [7, 11) is 3.38. The van der Waals surface area contributed by atoms with Crippen LogP contribution in [0.3, 0.4) is 0 Å². The zero-order chi connectivity index (χ0) is 15.1. The van der Waals surface area contributed by atoms with Gasteiger partial charge in [0.05, 0.1) is 14.2 Å². The third-order valence-corrected chi connectivity index (χ3v) is 4.66. The molecule has 0 fully saturated rings. The summed E-state index contributed by atoms with van der Waals surface area (Å²) >= 11 is 0. The Hall–Kier alpha value is -2.20. The minimum absolute atomic E-state index is 0.207. The monoisotopic (exact) mass is 296 g/mol. The number of methoxy groups -OCH3 is 2. The lowest BCUT2D eigenvalue weighted by Gasteiger charge is -2.42. The van der Waals surface area contributed by atoms with Crippen LogP contribution in [0.25, 0.3) is 0 Å². The van der Waals surface area contributed by atoms with Gasteiger partial charge in [0.2, 0.25) is 0 Å². The number of hydrogen-bond acceptors (Lipinski definition) is 4. The molecule has 0 aliphatic carbocycles. The molecule has 0 aromatic heterocycles. The largest absolute Gasteiger partial charge is 0.493 e. The van der Waals surface area contributed by atoms with Crippen LogP contribution in [0.4, 0.5) is 5.69 Å². The van der Waals surface area contributed by atoms with E-state index >= 15 is 0 Å². The first-order chi connectivity index (χ1) is 10.8. The predicted octanol–water partition coefficient (Wildman–Crippen LogP) is 3.19. The Morgan fingerprint density at radius 1 is 1.05 bits per heavy atom. The Balaban J connectivity index is 1.77. The van der Waals surface area contributed by atoms with Crippen molar-refractivity contribution in [1.29, 1.82) is 0 Å². The summed E-state index contributed by atoms with van der Waals surface area (Å²) in [5.41, 5.74) is 5.22. The van der Waals surface area contributed by atoms with Gasteiger partial charge in [-0.05, 0) is 41.3 Å². The van der Waals surface area contributed by atoms with Crippen molar-refractivity contribution in [3.8, 4) is 11.5 Å². The van der Waals surface area contributed by atoms with Crippen LogP contribution < -0.4 is 14.8 Å². The molecule has 2 aromatic rings. The van der Waals surface area contributed by atoms with Gasteiger partial charge in [0.15, 0.2) is 11.5 Å². The Kier molecular flexibility index (Phi) is 3.19. The highest BCUT2D eigenvalue weighted by atomic mass is 16.5. The van der Waals surface area contributed by atoms with Crippen LogP contribution in [-0.2, 0) is 13.0 Å². The number of para-hydroxylation sites is 1. The van der Waals surface area contributed by atoms with Crippen molar-refractivity contribution in [2.24, 2.45) is 0 Å². The second kappa shape index (κ2) is 5.21. The van der Waals surface area contributed by atoms with E-state index in [2.05, 4.69) is 46.6 Å². The number of benzene rings is 2. The smallest absolute Gasteiger partial charge is 0.161 e. The van der Waals surface area contributed by atoms with E-state index in [0.29, 0.717) is 0 Å². The second-order valence-electron chi connectivity index (χ2n) is 5.83. The molecule has 4 rings (SSSR count). The number of hydrogen-bond donors (Lipinski definition) is 1. The van der Waals surface area contributed by atoms with Crippen molar-refractivity contribution in [2.45, 2.75) is 19.1 Å². The highest BCUT2D eigenvalue weighted by molar-refractivity contribution is 5.57. The van der Waals surface area contributed by atoms with Crippen LogP contribution in [0.1, 0.15) is 22.9 Å². The second-order valence-corrected chi connectivity index (χ2v) is 5.83. The minimum Gasteiger partial charge on any atom is -0.493 e. The molecule has 2 aromatic carbocycles. The summed E-state index contributed by atoms with van der Waals surface area (Å²) in [5.74, 6) is 1.61. The normalized spacial score (nSPS) is 19.5. The number of rotatable bonds is 2. The van der Waals surface area contributed by atoms with Gasteiger partial charge in [-0.25, -0.2) is 0 Å². The lowest BCUT2D eigenvalue weighted by Crippen LogP contribution is -2.42. The maximum Gasteiger partial charge on any atom is 0.161 e. The molecular formula is C18H20N2O2. The number of ether oxygens (including phenoxy) is 2. The molecule has 1 N–H and O–H groups in total. The molecule has 0 radical (unpaired) electrons. The van der Waals surface area contributed by atoms with Gasteiger partial charge in [-0.15, -0.1) is 0 Å². The van der Waals surface area contributed by atoms with Crippen LogP contribution in [-0.4, -0.2) is 25.7 Å². The van der Waals surface area contributed by atoms with E-state index in [1.165, 1.54) is 22.4 Å². The fourth-order valence-corrected chi connectivity index (χ4v) is 3.50. The quantitative estimate of drug-likeness (QED) is 0.923. The zero-order valence-corrected chi connectivity index (χ0v) is 12.9. The highest BCUT2D eigenvalue weighted by Gasteiger charge is 2.32. The Morgan fingerprint density at radius 3 is 2.64 bits per heavy atom. The first kappa shape index (κ1) is 13.5. The summed E-state index contributed by atoms with van der Waals surface area (Å²) in [6.07, 6.45) is 1.24. The fourth-order valence-electron chi connectivity index (χ4n) is 3.50. The van der Waals surface area contributed by atoms with Crippen molar-refractivity contribution in [2.75, 3.05) is 26.1 Å². The summed E-state index contributed by atoms with van der Waals surface area (Å²) in [6, 6.07) is 12.8. The highest BCUT2D eigenvalue weighted by Crippen LogP contribution is 2.41. The predicted molar refractivity (Wildman–Crippen MR) is 86.5 cm³/mol. The van der Waals surface area contributed by atoms with Gasteiger partial charge in [-0.1, -0.05) is 18.2 Å².